The lowest BCUT2D eigenvalue weighted by Gasteiger charge is -2.11. The van der Waals surface area contributed by atoms with E-state index >= 15 is 0 Å². The van der Waals surface area contributed by atoms with E-state index in [1.54, 1.807) is 0 Å². The quantitative estimate of drug-likeness (QED) is 0.0369. The first-order valence-corrected chi connectivity index (χ1v) is 24.5. The Hall–Kier alpha value is -5.76. The van der Waals surface area contributed by atoms with Crippen LogP contribution in [0.15, 0.2) is 106 Å². The number of nitrogens with zero attached hydrogens (tertiary/aromatic N) is 2. The maximum absolute atomic E-state index is 6.79. The van der Waals surface area contributed by atoms with Gasteiger partial charge >= 0.3 is 0 Å². The lowest BCUT2D eigenvalue weighted by Crippen LogP contribution is -1.97. The molecule has 8 heteroatoms. The molecule has 7 aromatic rings. The molecule has 0 aliphatic heterocycles. The van der Waals surface area contributed by atoms with Gasteiger partial charge in [-0.05, 0) is 96.8 Å². The minimum atomic E-state index is 0.483. The first-order valence-electron chi connectivity index (χ1n) is 24.5. The summed E-state index contributed by atoms with van der Waals surface area (Å²) in [5, 5.41) is 0. The molecule has 0 aliphatic carbocycles. The summed E-state index contributed by atoms with van der Waals surface area (Å²) in [7, 11) is 0. The zero-order chi connectivity index (χ0) is 44.4. The molecule has 0 bridgehead atoms. The molecule has 64 heavy (non-hydrogen) atoms. The molecule has 4 N–H and O–H groups in total. The number of aromatic nitrogens is 2. The van der Waals surface area contributed by atoms with Crippen molar-refractivity contribution >= 4 is 33.6 Å². The van der Waals surface area contributed by atoms with E-state index in [2.05, 4.69) is 38.1 Å². The van der Waals surface area contributed by atoms with Crippen molar-refractivity contribution in [3.63, 3.8) is 0 Å². The fourth-order valence-corrected chi connectivity index (χ4v) is 8.56. The van der Waals surface area contributed by atoms with E-state index in [9.17, 15) is 0 Å². The van der Waals surface area contributed by atoms with Crippen LogP contribution in [0, 0.1) is 0 Å². The number of hydrogen-bond donors (Lipinski definition) is 2. The molecule has 2 heterocycles. The molecule has 7 rings (SSSR count). The predicted molar refractivity (Wildman–Crippen MR) is 267 cm³/mol. The number of ether oxygens (including phenoxy) is 2. The van der Waals surface area contributed by atoms with Gasteiger partial charge in [-0.1, -0.05) is 154 Å². The molecule has 0 spiro atoms. The van der Waals surface area contributed by atoms with Crippen molar-refractivity contribution in [2.75, 3.05) is 24.7 Å². The number of nitrogens with two attached hydrogens (primary N) is 2. The lowest BCUT2D eigenvalue weighted by atomic mass is 9.96. The number of oxazole rings is 2. The number of unbranched alkanes of at least 4 members (excludes halogenated alkanes) is 18. The monoisotopic (exact) mass is 863 g/mol. The van der Waals surface area contributed by atoms with Gasteiger partial charge in [0.1, 0.15) is 22.5 Å². The molecule has 0 saturated heterocycles. The number of fused-ring (bicyclic) bond motifs is 2. The lowest BCUT2D eigenvalue weighted by molar-refractivity contribution is 0.304. The van der Waals surface area contributed by atoms with E-state index in [-0.39, 0.29) is 0 Å². The fourth-order valence-electron chi connectivity index (χ4n) is 8.56. The first kappa shape index (κ1) is 46.2. The van der Waals surface area contributed by atoms with Crippen LogP contribution in [0.3, 0.4) is 0 Å². The minimum Gasteiger partial charge on any atom is -0.494 e. The second-order valence-electron chi connectivity index (χ2n) is 17.5. The second-order valence-corrected chi connectivity index (χ2v) is 17.5. The zero-order valence-electron chi connectivity index (χ0n) is 38.5. The van der Waals surface area contributed by atoms with Crippen LogP contribution in [0.4, 0.5) is 11.4 Å². The molecule has 0 aliphatic rings. The number of rotatable bonds is 28. The largest absolute Gasteiger partial charge is 0.494 e. The molecule has 0 unspecified atom stereocenters. The Morgan fingerprint density at radius 2 is 0.672 bits per heavy atom. The molecular formula is C56H70N4O4. The number of benzene rings is 5. The highest BCUT2D eigenvalue weighted by Gasteiger charge is 2.27. The summed E-state index contributed by atoms with van der Waals surface area (Å²) in [4.78, 5) is 10.4. The Kier molecular flexibility index (Phi) is 17.6. The van der Waals surface area contributed by atoms with E-state index in [0.717, 1.165) is 57.7 Å². The maximum atomic E-state index is 6.79. The highest BCUT2D eigenvalue weighted by Crippen LogP contribution is 2.46. The Bertz CT molecular complexity index is 2210. The third-order valence-electron chi connectivity index (χ3n) is 12.3. The number of nitrogen functional groups attached to an aromatic ring is 2. The van der Waals surface area contributed by atoms with Gasteiger partial charge in [-0.25, -0.2) is 9.97 Å². The second kappa shape index (κ2) is 24.3. The summed E-state index contributed by atoms with van der Waals surface area (Å²) < 4.78 is 26.1. The summed E-state index contributed by atoms with van der Waals surface area (Å²) in [6.07, 6.45) is 25.9. The van der Waals surface area contributed by atoms with Crippen LogP contribution in [-0.4, -0.2) is 23.2 Å². The highest BCUT2D eigenvalue weighted by atomic mass is 16.5. The molecule has 5 aromatic carbocycles. The molecule has 0 fully saturated rings. The third-order valence-corrected chi connectivity index (χ3v) is 12.3. The van der Waals surface area contributed by atoms with E-state index in [1.807, 2.05) is 72.8 Å². The maximum Gasteiger partial charge on any atom is 0.227 e. The van der Waals surface area contributed by atoms with Crippen LogP contribution in [0.25, 0.3) is 67.4 Å². The molecule has 8 nitrogen and oxygen atoms in total. The van der Waals surface area contributed by atoms with Gasteiger partial charge in [-0.3, -0.25) is 0 Å². The van der Waals surface area contributed by atoms with E-state index in [1.165, 1.54) is 116 Å². The summed E-state index contributed by atoms with van der Waals surface area (Å²) in [6, 6.07) is 31.6. The molecule has 0 radical (unpaired) electrons. The Balaban J connectivity index is 1.13. The van der Waals surface area contributed by atoms with Crippen LogP contribution in [-0.2, 0) is 0 Å². The van der Waals surface area contributed by atoms with Crippen molar-refractivity contribution < 1.29 is 18.3 Å². The smallest absolute Gasteiger partial charge is 0.227 e. The van der Waals surface area contributed by atoms with Gasteiger partial charge in [0.05, 0.1) is 24.3 Å². The van der Waals surface area contributed by atoms with Gasteiger partial charge in [-0.15, -0.1) is 0 Å². The van der Waals surface area contributed by atoms with Crippen LogP contribution in [0.5, 0.6) is 11.5 Å². The van der Waals surface area contributed by atoms with Gasteiger partial charge in [0, 0.05) is 22.5 Å². The molecular weight excluding hydrogens is 793 g/mol. The minimum absolute atomic E-state index is 0.483. The van der Waals surface area contributed by atoms with Crippen molar-refractivity contribution in [1.82, 2.24) is 9.97 Å². The van der Waals surface area contributed by atoms with Crippen LogP contribution >= 0.6 is 0 Å². The summed E-state index contributed by atoms with van der Waals surface area (Å²) in [5.74, 6) is 2.64. The van der Waals surface area contributed by atoms with E-state index < -0.39 is 0 Å². The number of hydrogen-bond acceptors (Lipinski definition) is 8. The molecule has 0 atom stereocenters. The van der Waals surface area contributed by atoms with Gasteiger partial charge in [0.2, 0.25) is 11.8 Å². The average Bonchev–Trinajstić information content (AvgIpc) is 3.96. The van der Waals surface area contributed by atoms with Crippen molar-refractivity contribution in [2.45, 2.75) is 142 Å². The fraction of sp³-hybridized carbons (Fsp3) is 0.429. The zero-order valence-corrected chi connectivity index (χ0v) is 38.5. The number of anilines is 2. The first-order chi connectivity index (χ1) is 31.5. The molecule has 338 valence electrons. The highest BCUT2D eigenvalue weighted by molar-refractivity contribution is 6.16. The topological polar surface area (TPSA) is 123 Å². The van der Waals surface area contributed by atoms with Crippen LogP contribution in [0.1, 0.15) is 142 Å². The van der Waals surface area contributed by atoms with Crippen LogP contribution < -0.4 is 20.9 Å². The van der Waals surface area contributed by atoms with E-state index in [0.29, 0.717) is 58.6 Å². The molecule has 0 amide bonds. The van der Waals surface area contributed by atoms with Crippen molar-refractivity contribution in [1.29, 1.82) is 0 Å². The van der Waals surface area contributed by atoms with Gasteiger partial charge < -0.3 is 29.8 Å². The van der Waals surface area contributed by atoms with Crippen LogP contribution in [0.2, 0.25) is 0 Å². The Labute approximate surface area is 381 Å². The normalized spacial score (nSPS) is 11.5. The predicted octanol–water partition coefficient (Wildman–Crippen LogP) is 16.4. The average molecular weight is 863 g/mol. The third kappa shape index (κ3) is 12.7. The Morgan fingerprint density at radius 1 is 0.375 bits per heavy atom. The van der Waals surface area contributed by atoms with Crippen molar-refractivity contribution in [3.05, 3.63) is 97.1 Å². The molecule has 2 aromatic heterocycles. The Morgan fingerprint density at radius 3 is 1.00 bits per heavy atom. The molecule has 0 saturated carbocycles. The summed E-state index contributed by atoms with van der Waals surface area (Å²) in [6.45, 7) is 5.94. The van der Waals surface area contributed by atoms with Gasteiger partial charge in [0.15, 0.2) is 11.2 Å². The van der Waals surface area contributed by atoms with Crippen molar-refractivity contribution in [2.24, 2.45) is 0 Å². The van der Waals surface area contributed by atoms with Crippen molar-refractivity contribution in [3.8, 4) is 56.7 Å². The standard InChI is InChI=1S/C56H70N4O4/c1-3-5-7-9-11-13-15-17-19-21-39-61-47-35-27-41(28-36-47)49-51-54(64-55(59-51)43-23-31-45(57)32-24-43)50(52-53(49)63-56(60-52)44-25-33-46(58)34-26-44)42-29-37-48(38-30-42)62-40-22-20-18-16-14-12-10-8-6-4-2/h23-38H,3-22,39-40,57-58H2,1-2H3. The SMILES string of the molecule is CCCCCCCCCCCCOc1ccc(-c2c3nc(-c4ccc(N)cc4)oc3c(-c3ccc(OCCCCCCCCCCCC)cc3)c3nc(-c4ccc(N)cc4)oc23)cc1. The summed E-state index contributed by atoms with van der Waals surface area (Å²) in [5.41, 5.74) is 21.2. The van der Waals surface area contributed by atoms with Gasteiger partial charge in [-0.2, -0.15) is 0 Å². The van der Waals surface area contributed by atoms with E-state index in [4.69, 9.17) is 39.7 Å². The summed E-state index contributed by atoms with van der Waals surface area (Å²) >= 11 is 0. The van der Waals surface area contributed by atoms with Gasteiger partial charge in [0.25, 0.3) is 0 Å².